The summed E-state index contributed by atoms with van der Waals surface area (Å²) in [5.74, 6) is 0.635. The number of aromatic nitrogens is 2. The van der Waals surface area contributed by atoms with Crippen molar-refractivity contribution in [2.45, 2.75) is 45.1 Å². The number of hydrogen-bond donors (Lipinski definition) is 0. The minimum absolute atomic E-state index is 0.195. The third-order valence-electron chi connectivity index (χ3n) is 6.00. The summed E-state index contributed by atoms with van der Waals surface area (Å²) in [4.78, 5) is 25.8. The SMILES string of the molecule is CC(=O)N1CCN(C2CCCC2)CC(Cc2ccnc3cccnc23)C1. The van der Waals surface area contributed by atoms with E-state index in [-0.39, 0.29) is 5.91 Å². The van der Waals surface area contributed by atoms with Gasteiger partial charge in [-0.3, -0.25) is 19.7 Å². The normalized spacial score (nSPS) is 22.7. The summed E-state index contributed by atoms with van der Waals surface area (Å²) in [5, 5.41) is 0. The Morgan fingerprint density at radius 2 is 1.96 bits per heavy atom. The van der Waals surface area contributed by atoms with Crippen LogP contribution in [0.5, 0.6) is 0 Å². The van der Waals surface area contributed by atoms with Crippen molar-refractivity contribution >= 4 is 16.9 Å². The predicted molar refractivity (Wildman–Crippen MR) is 103 cm³/mol. The molecular formula is C21H28N4O. The number of hydrogen-bond acceptors (Lipinski definition) is 4. The van der Waals surface area contributed by atoms with Crippen molar-refractivity contribution in [2.75, 3.05) is 26.2 Å². The van der Waals surface area contributed by atoms with E-state index in [1.165, 1.54) is 31.2 Å². The Labute approximate surface area is 155 Å². The Bertz CT molecular complexity index is 766. The molecule has 2 aromatic rings. The van der Waals surface area contributed by atoms with Gasteiger partial charge in [0.15, 0.2) is 0 Å². The van der Waals surface area contributed by atoms with E-state index in [9.17, 15) is 4.79 Å². The first-order valence-electron chi connectivity index (χ1n) is 9.89. The average molecular weight is 352 g/mol. The molecule has 1 amide bonds. The molecule has 1 atom stereocenters. The maximum Gasteiger partial charge on any atom is 0.219 e. The van der Waals surface area contributed by atoms with Crippen LogP contribution < -0.4 is 0 Å². The molecule has 5 heteroatoms. The van der Waals surface area contributed by atoms with Crippen LogP contribution in [0.1, 0.15) is 38.2 Å². The molecule has 3 heterocycles. The lowest BCUT2D eigenvalue weighted by molar-refractivity contribution is -0.129. The fourth-order valence-electron chi connectivity index (χ4n) is 4.66. The van der Waals surface area contributed by atoms with E-state index < -0.39 is 0 Å². The minimum atomic E-state index is 0.195. The summed E-state index contributed by atoms with van der Waals surface area (Å²) in [6.45, 7) is 5.49. The number of fused-ring (bicyclic) bond motifs is 1. The summed E-state index contributed by atoms with van der Waals surface area (Å²) in [6.07, 6.45) is 9.99. The van der Waals surface area contributed by atoms with Gasteiger partial charge in [-0.15, -0.1) is 0 Å². The zero-order valence-electron chi connectivity index (χ0n) is 15.6. The Hall–Kier alpha value is -2.01. The zero-order chi connectivity index (χ0) is 17.9. The number of amides is 1. The second kappa shape index (κ2) is 7.70. The molecule has 0 aromatic carbocycles. The molecule has 2 fully saturated rings. The molecule has 0 bridgehead atoms. The maximum absolute atomic E-state index is 12.1. The second-order valence-corrected chi connectivity index (χ2v) is 7.81. The van der Waals surface area contributed by atoms with Gasteiger partial charge in [-0.25, -0.2) is 0 Å². The Morgan fingerprint density at radius 1 is 1.12 bits per heavy atom. The molecule has 0 spiro atoms. The summed E-state index contributed by atoms with van der Waals surface area (Å²) < 4.78 is 0. The second-order valence-electron chi connectivity index (χ2n) is 7.81. The van der Waals surface area contributed by atoms with Gasteiger partial charge in [0.2, 0.25) is 5.91 Å². The summed E-state index contributed by atoms with van der Waals surface area (Å²) in [7, 11) is 0. The lowest BCUT2D eigenvalue weighted by Gasteiger charge is -2.29. The van der Waals surface area contributed by atoms with Gasteiger partial charge in [0.1, 0.15) is 0 Å². The van der Waals surface area contributed by atoms with E-state index in [2.05, 4.69) is 20.9 Å². The molecule has 1 aliphatic heterocycles. The lowest BCUT2D eigenvalue weighted by Crippen LogP contribution is -2.38. The van der Waals surface area contributed by atoms with Crippen LogP contribution in [-0.2, 0) is 11.2 Å². The van der Waals surface area contributed by atoms with Gasteiger partial charge in [0, 0.05) is 51.5 Å². The van der Waals surface area contributed by atoms with Crippen molar-refractivity contribution in [3.05, 3.63) is 36.2 Å². The summed E-state index contributed by atoms with van der Waals surface area (Å²) >= 11 is 0. The zero-order valence-corrected chi connectivity index (χ0v) is 15.6. The van der Waals surface area contributed by atoms with Crippen molar-refractivity contribution in [3.63, 3.8) is 0 Å². The monoisotopic (exact) mass is 352 g/mol. The van der Waals surface area contributed by atoms with E-state index in [0.29, 0.717) is 12.0 Å². The standard InChI is InChI=1S/C21H28N4O/c1-16(26)24-11-12-25(19-5-2-3-6-19)15-17(14-24)13-18-8-10-22-20-7-4-9-23-21(18)20/h4,7-10,17,19H,2-3,5-6,11-15H2,1H3. The van der Waals surface area contributed by atoms with Crippen molar-refractivity contribution in [2.24, 2.45) is 5.92 Å². The summed E-state index contributed by atoms with van der Waals surface area (Å²) in [6, 6.07) is 6.75. The van der Waals surface area contributed by atoms with Gasteiger partial charge in [-0.2, -0.15) is 0 Å². The predicted octanol–water partition coefficient (Wildman–Crippen LogP) is 2.90. The van der Waals surface area contributed by atoms with E-state index in [4.69, 9.17) is 0 Å². The van der Waals surface area contributed by atoms with Crippen LogP contribution in [0.4, 0.5) is 0 Å². The van der Waals surface area contributed by atoms with Gasteiger partial charge in [0.05, 0.1) is 11.0 Å². The van der Waals surface area contributed by atoms with E-state index in [1.54, 1.807) is 6.92 Å². The topological polar surface area (TPSA) is 49.3 Å². The van der Waals surface area contributed by atoms with Crippen molar-refractivity contribution in [3.8, 4) is 0 Å². The quantitative estimate of drug-likeness (QED) is 0.852. The highest BCUT2D eigenvalue weighted by Crippen LogP contribution is 2.27. The van der Waals surface area contributed by atoms with Crippen molar-refractivity contribution < 1.29 is 4.79 Å². The highest BCUT2D eigenvalue weighted by Gasteiger charge is 2.30. The van der Waals surface area contributed by atoms with Gasteiger partial charge >= 0.3 is 0 Å². The minimum Gasteiger partial charge on any atom is -0.341 e. The molecule has 138 valence electrons. The maximum atomic E-state index is 12.1. The Morgan fingerprint density at radius 3 is 2.77 bits per heavy atom. The fourth-order valence-corrected chi connectivity index (χ4v) is 4.66. The molecular weight excluding hydrogens is 324 g/mol. The number of nitrogens with zero attached hydrogens (tertiary/aromatic N) is 4. The molecule has 2 aromatic heterocycles. The van der Waals surface area contributed by atoms with Gasteiger partial charge in [0.25, 0.3) is 0 Å². The van der Waals surface area contributed by atoms with Crippen molar-refractivity contribution in [1.29, 1.82) is 0 Å². The van der Waals surface area contributed by atoms with E-state index >= 15 is 0 Å². The van der Waals surface area contributed by atoms with Gasteiger partial charge < -0.3 is 4.90 Å². The molecule has 1 saturated heterocycles. The lowest BCUT2D eigenvalue weighted by atomic mass is 9.97. The smallest absolute Gasteiger partial charge is 0.219 e. The van der Waals surface area contributed by atoms with Crippen LogP contribution in [0.25, 0.3) is 11.0 Å². The van der Waals surface area contributed by atoms with E-state index in [1.807, 2.05) is 29.4 Å². The molecule has 1 saturated carbocycles. The molecule has 0 N–H and O–H groups in total. The average Bonchev–Trinajstić information content (AvgIpc) is 3.10. The van der Waals surface area contributed by atoms with Crippen LogP contribution >= 0.6 is 0 Å². The van der Waals surface area contributed by atoms with Gasteiger partial charge in [-0.1, -0.05) is 12.8 Å². The number of pyridine rings is 2. The third kappa shape index (κ3) is 3.73. The van der Waals surface area contributed by atoms with Crippen LogP contribution in [-0.4, -0.2) is 57.9 Å². The van der Waals surface area contributed by atoms with Crippen LogP contribution in [0.3, 0.4) is 0 Å². The summed E-state index contributed by atoms with van der Waals surface area (Å²) in [5.41, 5.74) is 3.20. The Kier molecular flexibility index (Phi) is 5.16. The van der Waals surface area contributed by atoms with Crippen molar-refractivity contribution in [1.82, 2.24) is 19.8 Å². The molecule has 4 rings (SSSR count). The molecule has 0 radical (unpaired) electrons. The highest BCUT2D eigenvalue weighted by atomic mass is 16.2. The molecule has 1 aliphatic carbocycles. The van der Waals surface area contributed by atoms with E-state index in [0.717, 1.165) is 43.6 Å². The highest BCUT2D eigenvalue weighted by molar-refractivity contribution is 5.77. The first kappa shape index (κ1) is 17.4. The van der Waals surface area contributed by atoms with Gasteiger partial charge in [-0.05, 0) is 48.9 Å². The number of carbonyl (C=O) groups excluding carboxylic acids is 1. The number of rotatable bonds is 3. The van der Waals surface area contributed by atoms with Crippen LogP contribution in [0.2, 0.25) is 0 Å². The number of carbonyl (C=O) groups is 1. The molecule has 2 aliphatic rings. The molecule has 5 nitrogen and oxygen atoms in total. The van der Waals surface area contributed by atoms with Crippen LogP contribution in [0.15, 0.2) is 30.6 Å². The first-order chi connectivity index (χ1) is 12.7. The van der Waals surface area contributed by atoms with Crippen LogP contribution in [0, 0.1) is 5.92 Å². The fraction of sp³-hybridized carbons (Fsp3) is 0.571. The molecule has 1 unspecified atom stereocenters. The molecule has 26 heavy (non-hydrogen) atoms. The first-order valence-corrected chi connectivity index (χ1v) is 9.89. The Balaban J connectivity index is 1.57. The largest absolute Gasteiger partial charge is 0.341 e. The third-order valence-corrected chi connectivity index (χ3v) is 6.00.